The summed E-state index contributed by atoms with van der Waals surface area (Å²) in [5.41, 5.74) is 3.21. The topological polar surface area (TPSA) is 99.0 Å². The lowest BCUT2D eigenvalue weighted by Crippen LogP contribution is -2.33. The summed E-state index contributed by atoms with van der Waals surface area (Å²) in [6, 6.07) is 7.31. The lowest BCUT2D eigenvalue weighted by Gasteiger charge is -2.25. The number of nitriles is 1. The molecule has 0 bridgehead atoms. The van der Waals surface area contributed by atoms with E-state index >= 15 is 0 Å². The minimum absolute atomic E-state index is 0.00964. The molecule has 134 valence electrons. The molecule has 0 saturated heterocycles. The molecule has 0 radical (unpaired) electrons. The number of rotatable bonds is 2. The van der Waals surface area contributed by atoms with Crippen LogP contribution in [0.4, 0.5) is 5.00 Å². The molecule has 27 heavy (non-hydrogen) atoms. The number of benzene rings is 1. The Morgan fingerprint density at radius 3 is 2.78 bits per heavy atom. The number of hydrogen-bond acceptors (Lipinski definition) is 6. The number of fused-ring (bicyclic) bond motifs is 2. The number of thiophene rings is 1. The molecule has 0 saturated carbocycles. The van der Waals surface area contributed by atoms with Crippen LogP contribution in [0.15, 0.2) is 30.6 Å². The summed E-state index contributed by atoms with van der Waals surface area (Å²) in [5, 5.41) is 12.9. The molecule has 0 unspecified atom stereocenters. The monoisotopic (exact) mass is 377 g/mol. The number of carbonyl (C=O) groups excluding carboxylic acids is 2. The second kappa shape index (κ2) is 6.78. The fourth-order valence-electron chi connectivity index (χ4n) is 3.16. The lowest BCUT2D eigenvalue weighted by atomic mass is 10.0. The van der Waals surface area contributed by atoms with Gasteiger partial charge in [-0.1, -0.05) is 0 Å². The van der Waals surface area contributed by atoms with E-state index in [4.69, 9.17) is 0 Å². The highest BCUT2D eigenvalue weighted by atomic mass is 32.1. The summed E-state index contributed by atoms with van der Waals surface area (Å²) in [6.45, 7) is 2.60. The largest absolute Gasteiger partial charge is 0.337 e. The molecule has 1 aromatic carbocycles. The Hall–Kier alpha value is -3.31. The Morgan fingerprint density at radius 2 is 2.04 bits per heavy atom. The molecule has 0 atom stereocenters. The van der Waals surface area contributed by atoms with Crippen LogP contribution in [0.1, 0.15) is 33.3 Å². The SMILES string of the molecule is CC(=O)N1CCc2c(sc(NC(=O)c3ccc4nccnc4c3)c2C#N)C1. The van der Waals surface area contributed by atoms with Crippen LogP contribution in [-0.4, -0.2) is 33.2 Å². The molecule has 0 fully saturated rings. The highest BCUT2D eigenvalue weighted by Crippen LogP contribution is 2.37. The van der Waals surface area contributed by atoms with E-state index in [1.165, 1.54) is 18.3 Å². The van der Waals surface area contributed by atoms with Crippen molar-refractivity contribution in [1.82, 2.24) is 14.9 Å². The van der Waals surface area contributed by atoms with Crippen LogP contribution >= 0.6 is 11.3 Å². The van der Waals surface area contributed by atoms with Crippen molar-refractivity contribution in [2.45, 2.75) is 19.9 Å². The maximum absolute atomic E-state index is 12.7. The van der Waals surface area contributed by atoms with E-state index in [1.807, 2.05) is 0 Å². The minimum Gasteiger partial charge on any atom is -0.337 e. The second-order valence-corrected chi connectivity index (χ2v) is 7.33. The number of anilines is 1. The number of carbonyl (C=O) groups is 2. The van der Waals surface area contributed by atoms with Crippen molar-refractivity contribution in [1.29, 1.82) is 5.26 Å². The highest BCUT2D eigenvalue weighted by Gasteiger charge is 2.26. The van der Waals surface area contributed by atoms with E-state index in [-0.39, 0.29) is 11.8 Å². The van der Waals surface area contributed by atoms with Gasteiger partial charge in [-0.2, -0.15) is 5.26 Å². The Morgan fingerprint density at radius 1 is 1.26 bits per heavy atom. The average Bonchev–Trinajstić information content (AvgIpc) is 3.03. The first-order valence-corrected chi connectivity index (χ1v) is 9.20. The lowest BCUT2D eigenvalue weighted by molar-refractivity contribution is -0.129. The van der Waals surface area contributed by atoms with Gasteiger partial charge in [0.15, 0.2) is 0 Å². The van der Waals surface area contributed by atoms with Gasteiger partial charge in [-0.3, -0.25) is 19.6 Å². The van der Waals surface area contributed by atoms with E-state index < -0.39 is 0 Å². The van der Waals surface area contributed by atoms with Crippen LogP contribution in [0.3, 0.4) is 0 Å². The van der Waals surface area contributed by atoms with Gasteiger partial charge in [0, 0.05) is 36.3 Å². The van der Waals surface area contributed by atoms with Gasteiger partial charge in [-0.15, -0.1) is 11.3 Å². The molecule has 7 nitrogen and oxygen atoms in total. The molecule has 1 aliphatic heterocycles. The number of amides is 2. The van der Waals surface area contributed by atoms with Gasteiger partial charge in [-0.05, 0) is 30.2 Å². The first-order chi connectivity index (χ1) is 13.1. The van der Waals surface area contributed by atoms with Crippen LogP contribution in [0, 0.1) is 11.3 Å². The molecule has 4 rings (SSSR count). The normalized spacial score (nSPS) is 13.1. The summed E-state index contributed by atoms with van der Waals surface area (Å²) in [6.07, 6.45) is 3.80. The predicted molar refractivity (Wildman–Crippen MR) is 101 cm³/mol. The van der Waals surface area contributed by atoms with Crippen molar-refractivity contribution >= 4 is 39.2 Å². The standard InChI is InChI=1S/C19H15N5O2S/c1-11(25)24-7-4-13-14(9-20)19(27-17(13)10-24)23-18(26)12-2-3-15-16(8-12)22-6-5-21-15/h2-3,5-6,8H,4,7,10H2,1H3,(H,23,26). The third-order valence-corrected chi connectivity index (χ3v) is 5.70. The third-order valence-electron chi connectivity index (χ3n) is 4.57. The van der Waals surface area contributed by atoms with Crippen LogP contribution in [0.5, 0.6) is 0 Å². The molecule has 1 N–H and O–H groups in total. The Bertz CT molecular complexity index is 1110. The zero-order valence-corrected chi connectivity index (χ0v) is 15.3. The molecule has 2 amide bonds. The zero-order chi connectivity index (χ0) is 19.0. The van der Waals surface area contributed by atoms with Gasteiger partial charge in [0.2, 0.25) is 5.91 Å². The Labute approximate surface area is 159 Å². The highest BCUT2D eigenvalue weighted by molar-refractivity contribution is 7.16. The predicted octanol–water partition coefficient (Wildman–Crippen LogP) is 2.72. The summed E-state index contributed by atoms with van der Waals surface area (Å²) < 4.78 is 0. The fraction of sp³-hybridized carbons (Fsp3) is 0.211. The van der Waals surface area contributed by atoms with Crippen LogP contribution in [0.2, 0.25) is 0 Å². The van der Waals surface area contributed by atoms with E-state index in [0.717, 1.165) is 10.4 Å². The van der Waals surface area contributed by atoms with Crippen molar-refractivity contribution in [2.75, 3.05) is 11.9 Å². The zero-order valence-electron chi connectivity index (χ0n) is 14.5. The number of nitrogens with zero attached hydrogens (tertiary/aromatic N) is 4. The molecule has 0 spiro atoms. The smallest absolute Gasteiger partial charge is 0.256 e. The second-order valence-electron chi connectivity index (χ2n) is 6.22. The Kier molecular flexibility index (Phi) is 4.30. The quantitative estimate of drug-likeness (QED) is 0.740. The maximum Gasteiger partial charge on any atom is 0.256 e. The van der Waals surface area contributed by atoms with Crippen molar-refractivity contribution in [3.8, 4) is 6.07 Å². The van der Waals surface area contributed by atoms with Crippen molar-refractivity contribution in [3.63, 3.8) is 0 Å². The van der Waals surface area contributed by atoms with E-state index in [0.29, 0.717) is 46.7 Å². The molecular formula is C19H15N5O2S. The number of hydrogen-bond donors (Lipinski definition) is 1. The maximum atomic E-state index is 12.7. The van der Waals surface area contributed by atoms with Gasteiger partial charge in [0.25, 0.3) is 5.91 Å². The number of aromatic nitrogens is 2. The summed E-state index contributed by atoms with van der Waals surface area (Å²) in [7, 11) is 0. The number of nitrogens with one attached hydrogen (secondary N) is 1. The summed E-state index contributed by atoms with van der Waals surface area (Å²) >= 11 is 1.36. The van der Waals surface area contributed by atoms with E-state index in [9.17, 15) is 14.9 Å². The van der Waals surface area contributed by atoms with E-state index in [1.54, 1.807) is 35.5 Å². The average molecular weight is 377 g/mol. The van der Waals surface area contributed by atoms with E-state index in [2.05, 4.69) is 21.4 Å². The third kappa shape index (κ3) is 3.13. The van der Waals surface area contributed by atoms with Crippen LogP contribution < -0.4 is 5.32 Å². The van der Waals surface area contributed by atoms with Crippen molar-refractivity contribution in [2.24, 2.45) is 0 Å². The van der Waals surface area contributed by atoms with Crippen LogP contribution in [0.25, 0.3) is 11.0 Å². The molecule has 3 heterocycles. The summed E-state index contributed by atoms with van der Waals surface area (Å²) in [4.78, 5) is 35.4. The molecule has 3 aromatic rings. The molecule has 1 aliphatic rings. The van der Waals surface area contributed by atoms with Gasteiger partial charge in [0.1, 0.15) is 11.1 Å². The molecule has 2 aromatic heterocycles. The van der Waals surface area contributed by atoms with Crippen LogP contribution in [-0.2, 0) is 17.8 Å². The first-order valence-electron chi connectivity index (χ1n) is 8.39. The van der Waals surface area contributed by atoms with Crippen molar-refractivity contribution in [3.05, 3.63) is 52.2 Å². The van der Waals surface area contributed by atoms with Gasteiger partial charge >= 0.3 is 0 Å². The van der Waals surface area contributed by atoms with Gasteiger partial charge < -0.3 is 10.2 Å². The Balaban J connectivity index is 1.63. The molecule has 8 heteroatoms. The van der Waals surface area contributed by atoms with Gasteiger partial charge in [0.05, 0.1) is 23.1 Å². The fourth-order valence-corrected chi connectivity index (χ4v) is 4.37. The first kappa shape index (κ1) is 17.1. The van der Waals surface area contributed by atoms with Crippen molar-refractivity contribution < 1.29 is 9.59 Å². The molecule has 0 aliphatic carbocycles. The van der Waals surface area contributed by atoms with Gasteiger partial charge in [-0.25, -0.2) is 0 Å². The minimum atomic E-state index is -0.305. The molecular weight excluding hydrogens is 362 g/mol. The summed E-state index contributed by atoms with van der Waals surface area (Å²) in [5.74, 6) is -0.295.